The van der Waals surface area contributed by atoms with Crippen LogP contribution in [0.1, 0.15) is 11.1 Å². The molecule has 1 aromatic carbocycles. The number of piperazine rings is 1. The van der Waals surface area contributed by atoms with Gasteiger partial charge in [0.05, 0.1) is 13.7 Å². The third-order valence-electron chi connectivity index (χ3n) is 3.85. The molecule has 0 atom stereocenters. The number of β-amino-alcohol motifs (C(OH)–C–C–N with tert-alkyl or cyclic N) is 1. The molecule has 1 heterocycles. The number of benzene rings is 1. The van der Waals surface area contributed by atoms with E-state index in [4.69, 9.17) is 15.6 Å². The maximum atomic E-state index is 8.95. The van der Waals surface area contributed by atoms with E-state index in [0.29, 0.717) is 6.54 Å². The minimum absolute atomic E-state index is 0.248. The van der Waals surface area contributed by atoms with Crippen molar-refractivity contribution in [1.82, 2.24) is 9.80 Å². The van der Waals surface area contributed by atoms with Gasteiger partial charge in [-0.1, -0.05) is 6.07 Å². The van der Waals surface area contributed by atoms with Gasteiger partial charge in [-0.15, -0.1) is 0 Å². The zero-order valence-electron chi connectivity index (χ0n) is 12.2. The molecule has 0 saturated carbocycles. The Morgan fingerprint density at radius 3 is 2.50 bits per heavy atom. The Kier molecular flexibility index (Phi) is 5.79. The Balaban J connectivity index is 1.91. The monoisotopic (exact) mass is 279 g/mol. The molecule has 3 N–H and O–H groups in total. The first-order valence-corrected chi connectivity index (χ1v) is 7.18. The predicted molar refractivity (Wildman–Crippen MR) is 79.7 cm³/mol. The molecule has 2 rings (SSSR count). The summed E-state index contributed by atoms with van der Waals surface area (Å²) in [7, 11) is 1.68. The average molecular weight is 279 g/mol. The van der Waals surface area contributed by atoms with Crippen molar-refractivity contribution in [2.75, 3.05) is 46.4 Å². The zero-order valence-corrected chi connectivity index (χ0v) is 12.2. The molecule has 0 spiro atoms. The molecular weight excluding hydrogens is 254 g/mol. The fraction of sp³-hybridized carbons (Fsp3) is 0.600. The topological polar surface area (TPSA) is 62.0 Å². The summed E-state index contributed by atoms with van der Waals surface area (Å²) in [4.78, 5) is 4.74. The number of nitrogens with two attached hydrogens (primary N) is 1. The Morgan fingerprint density at radius 1 is 1.20 bits per heavy atom. The smallest absolute Gasteiger partial charge is 0.123 e. The lowest BCUT2D eigenvalue weighted by atomic mass is 10.1. The molecule has 0 aromatic heterocycles. The Bertz CT molecular complexity index is 418. The van der Waals surface area contributed by atoms with Crippen LogP contribution >= 0.6 is 0 Å². The molecule has 0 unspecified atom stereocenters. The van der Waals surface area contributed by atoms with E-state index in [1.807, 2.05) is 6.07 Å². The van der Waals surface area contributed by atoms with Crippen molar-refractivity contribution < 1.29 is 9.84 Å². The maximum absolute atomic E-state index is 8.95. The van der Waals surface area contributed by atoms with Crippen molar-refractivity contribution >= 4 is 0 Å². The number of hydrogen-bond donors (Lipinski definition) is 2. The van der Waals surface area contributed by atoms with Crippen molar-refractivity contribution in [3.8, 4) is 5.75 Å². The summed E-state index contributed by atoms with van der Waals surface area (Å²) in [6.45, 7) is 6.63. The second kappa shape index (κ2) is 7.59. The van der Waals surface area contributed by atoms with E-state index >= 15 is 0 Å². The SMILES string of the molecule is COc1ccc(CN2CCN(CCO)CC2)cc1CN. The molecule has 1 aliphatic heterocycles. The normalized spacial score (nSPS) is 17.4. The van der Waals surface area contributed by atoms with Gasteiger partial charge in [-0.25, -0.2) is 0 Å². The van der Waals surface area contributed by atoms with E-state index in [9.17, 15) is 0 Å². The summed E-state index contributed by atoms with van der Waals surface area (Å²) in [6.07, 6.45) is 0. The van der Waals surface area contributed by atoms with Crippen molar-refractivity contribution in [2.24, 2.45) is 5.73 Å². The number of methoxy groups -OCH3 is 1. The number of ether oxygens (including phenoxy) is 1. The lowest BCUT2D eigenvalue weighted by Crippen LogP contribution is -2.46. The highest BCUT2D eigenvalue weighted by atomic mass is 16.5. The summed E-state index contributed by atoms with van der Waals surface area (Å²) in [5.41, 5.74) is 8.09. The molecule has 0 aliphatic carbocycles. The number of hydrogen-bond acceptors (Lipinski definition) is 5. The van der Waals surface area contributed by atoms with Crippen LogP contribution in [0.25, 0.3) is 0 Å². The molecule has 112 valence electrons. The van der Waals surface area contributed by atoms with Crippen LogP contribution < -0.4 is 10.5 Å². The fourth-order valence-electron chi connectivity index (χ4n) is 2.66. The van der Waals surface area contributed by atoms with Gasteiger partial charge in [0, 0.05) is 51.4 Å². The first-order valence-electron chi connectivity index (χ1n) is 7.18. The van der Waals surface area contributed by atoms with Crippen LogP contribution in [0.15, 0.2) is 18.2 Å². The maximum Gasteiger partial charge on any atom is 0.123 e. The number of nitrogens with zero attached hydrogens (tertiary/aromatic N) is 2. The van der Waals surface area contributed by atoms with Crippen LogP contribution in [0.4, 0.5) is 0 Å². The van der Waals surface area contributed by atoms with Gasteiger partial charge in [0.1, 0.15) is 5.75 Å². The van der Waals surface area contributed by atoms with Crippen molar-refractivity contribution in [3.63, 3.8) is 0 Å². The highest BCUT2D eigenvalue weighted by Gasteiger charge is 2.16. The quantitative estimate of drug-likeness (QED) is 0.782. The number of rotatable bonds is 6. The summed E-state index contributed by atoms with van der Waals surface area (Å²) in [6, 6.07) is 6.25. The van der Waals surface area contributed by atoms with E-state index in [1.165, 1.54) is 5.56 Å². The molecule has 0 amide bonds. The molecule has 20 heavy (non-hydrogen) atoms. The van der Waals surface area contributed by atoms with E-state index in [2.05, 4.69) is 21.9 Å². The predicted octanol–water partition coefficient (Wildman–Crippen LogP) is 0.264. The molecule has 5 nitrogen and oxygen atoms in total. The standard InChI is InChI=1S/C15H25N3O2/c1-20-15-3-2-13(10-14(15)11-16)12-18-6-4-17(5-7-18)8-9-19/h2-3,10,19H,4-9,11-12,16H2,1H3. The van der Waals surface area contributed by atoms with Crippen LogP contribution in [0, 0.1) is 0 Å². The molecule has 1 aromatic rings. The molecule has 0 bridgehead atoms. The van der Waals surface area contributed by atoms with Crippen LogP contribution in [0.2, 0.25) is 0 Å². The summed E-state index contributed by atoms with van der Waals surface area (Å²) >= 11 is 0. The van der Waals surface area contributed by atoms with Crippen molar-refractivity contribution in [1.29, 1.82) is 0 Å². The zero-order chi connectivity index (χ0) is 14.4. The molecule has 5 heteroatoms. The minimum atomic E-state index is 0.248. The first kappa shape index (κ1) is 15.3. The third kappa shape index (κ3) is 3.93. The van der Waals surface area contributed by atoms with Crippen molar-refractivity contribution in [3.05, 3.63) is 29.3 Å². The van der Waals surface area contributed by atoms with Gasteiger partial charge >= 0.3 is 0 Å². The van der Waals surface area contributed by atoms with E-state index < -0.39 is 0 Å². The van der Waals surface area contributed by atoms with Crippen LogP contribution in [-0.2, 0) is 13.1 Å². The molecule has 1 saturated heterocycles. The van der Waals surface area contributed by atoms with Crippen LogP contribution in [0.5, 0.6) is 5.75 Å². The Hall–Kier alpha value is -1.14. The highest BCUT2D eigenvalue weighted by molar-refractivity contribution is 5.37. The molecule has 1 fully saturated rings. The average Bonchev–Trinajstić information content (AvgIpc) is 2.49. The molecular formula is C15H25N3O2. The molecule has 0 radical (unpaired) electrons. The van der Waals surface area contributed by atoms with Gasteiger partial charge in [-0.3, -0.25) is 9.80 Å². The fourth-order valence-corrected chi connectivity index (χ4v) is 2.66. The largest absolute Gasteiger partial charge is 0.496 e. The Morgan fingerprint density at radius 2 is 1.90 bits per heavy atom. The third-order valence-corrected chi connectivity index (χ3v) is 3.85. The second-order valence-electron chi connectivity index (χ2n) is 5.19. The first-order chi connectivity index (χ1) is 9.76. The Labute approximate surface area is 120 Å². The number of aliphatic hydroxyl groups is 1. The highest BCUT2D eigenvalue weighted by Crippen LogP contribution is 2.20. The van der Waals surface area contributed by atoms with Gasteiger partial charge in [-0.2, -0.15) is 0 Å². The summed E-state index contributed by atoms with van der Waals surface area (Å²) < 4.78 is 5.30. The van der Waals surface area contributed by atoms with Crippen LogP contribution in [0.3, 0.4) is 0 Å². The van der Waals surface area contributed by atoms with E-state index in [0.717, 1.165) is 50.6 Å². The van der Waals surface area contributed by atoms with Gasteiger partial charge < -0.3 is 15.6 Å². The second-order valence-corrected chi connectivity index (χ2v) is 5.19. The van der Waals surface area contributed by atoms with Gasteiger partial charge in [0.15, 0.2) is 0 Å². The minimum Gasteiger partial charge on any atom is -0.496 e. The van der Waals surface area contributed by atoms with E-state index in [-0.39, 0.29) is 6.61 Å². The summed E-state index contributed by atoms with van der Waals surface area (Å²) in [5, 5.41) is 8.95. The van der Waals surface area contributed by atoms with E-state index in [1.54, 1.807) is 7.11 Å². The van der Waals surface area contributed by atoms with Crippen LogP contribution in [-0.4, -0.2) is 61.3 Å². The van der Waals surface area contributed by atoms with Gasteiger partial charge in [-0.05, 0) is 17.7 Å². The van der Waals surface area contributed by atoms with Crippen molar-refractivity contribution in [2.45, 2.75) is 13.1 Å². The molecule has 1 aliphatic rings. The summed E-state index contributed by atoms with van der Waals surface area (Å²) in [5.74, 6) is 0.865. The lowest BCUT2D eigenvalue weighted by molar-refractivity contribution is 0.108. The lowest BCUT2D eigenvalue weighted by Gasteiger charge is -2.34. The van der Waals surface area contributed by atoms with Gasteiger partial charge in [0.25, 0.3) is 0 Å². The van der Waals surface area contributed by atoms with Gasteiger partial charge in [0.2, 0.25) is 0 Å². The number of aliphatic hydroxyl groups excluding tert-OH is 1.